The molecule has 0 bridgehead atoms. The largest absolute Gasteiger partial charge is 0.369 e. The van der Waals surface area contributed by atoms with Crippen LogP contribution in [0.15, 0.2) is 34.9 Å². The van der Waals surface area contributed by atoms with E-state index in [4.69, 9.17) is 9.26 Å². The summed E-state index contributed by atoms with van der Waals surface area (Å²) in [6, 6.07) is 8.42. The van der Waals surface area contributed by atoms with Crippen molar-refractivity contribution >= 4 is 0 Å². The molecule has 0 saturated carbocycles. The molecule has 2 rings (SSSR count). The lowest BCUT2D eigenvalue weighted by molar-refractivity contribution is 0.0864. The average Bonchev–Trinajstić information content (AvgIpc) is 2.89. The fourth-order valence-electron chi connectivity index (χ4n) is 1.78. The van der Waals surface area contributed by atoms with Gasteiger partial charge >= 0.3 is 0 Å². The SMILES string of the molecule is CCCNCc1cc(COCc2ccccc2F)on1. The molecule has 0 amide bonds. The number of hydrogen-bond acceptors (Lipinski definition) is 4. The van der Waals surface area contributed by atoms with Gasteiger partial charge in [0.05, 0.1) is 12.3 Å². The quantitative estimate of drug-likeness (QED) is 0.754. The number of halogens is 1. The van der Waals surface area contributed by atoms with Gasteiger partial charge in [0.1, 0.15) is 12.4 Å². The number of hydrogen-bond donors (Lipinski definition) is 1. The molecule has 0 aliphatic carbocycles. The molecule has 1 N–H and O–H groups in total. The summed E-state index contributed by atoms with van der Waals surface area (Å²) in [6.07, 6.45) is 1.08. The summed E-state index contributed by atoms with van der Waals surface area (Å²) in [5.41, 5.74) is 1.39. The van der Waals surface area contributed by atoms with Gasteiger partial charge < -0.3 is 14.6 Å². The lowest BCUT2D eigenvalue weighted by Crippen LogP contribution is -2.13. The molecule has 1 aromatic heterocycles. The number of ether oxygens (including phenoxy) is 1. The molecule has 0 unspecified atom stereocenters. The van der Waals surface area contributed by atoms with Crippen molar-refractivity contribution in [2.75, 3.05) is 6.54 Å². The molecular formula is C15H19FN2O2. The molecule has 5 heteroatoms. The van der Waals surface area contributed by atoms with E-state index in [0.29, 0.717) is 17.9 Å². The van der Waals surface area contributed by atoms with Crippen LogP contribution in [0, 0.1) is 5.82 Å². The Balaban J connectivity index is 1.75. The zero-order valence-corrected chi connectivity index (χ0v) is 11.6. The van der Waals surface area contributed by atoms with E-state index in [1.54, 1.807) is 18.2 Å². The van der Waals surface area contributed by atoms with E-state index in [0.717, 1.165) is 18.7 Å². The second-order valence-corrected chi connectivity index (χ2v) is 4.55. The third-order valence-corrected chi connectivity index (χ3v) is 2.80. The van der Waals surface area contributed by atoms with Crippen molar-refractivity contribution in [2.45, 2.75) is 33.1 Å². The average molecular weight is 278 g/mol. The Morgan fingerprint density at radius 1 is 1.30 bits per heavy atom. The van der Waals surface area contributed by atoms with E-state index in [9.17, 15) is 4.39 Å². The first-order valence-corrected chi connectivity index (χ1v) is 6.76. The van der Waals surface area contributed by atoms with Crippen LogP contribution in [0.2, 0.25) is 0 Å². The highest BCUT2D eigenvalue weighted by Crippen LogP contribution is 2.10. The molecule has 1 heterocycles. The number of aromatic nitrogens is 1. The van der Waals surface area contributed by atoms with Crippen molar-refractivity contribution in [2.24, 2.45) is 0 Å². The van der Waals surface area contributed by atoms with E-state index < -0.39 is 0 Å². The molecule has 0 saturated heterocycles. The molecule has 0 fully saturated rings. The van der Waals surface area contributed by atoms with E-state index in [1.807, 2.05) is 6.07 Å². The molecule has 0 radical (unpaired) electrons. The van der Waals surface area contributed by atoms with E-state index in [1.165, 1.54) is 6.07 Å². The minimum atomic E-state index is -0.255. The maximum Gasteiger partial charge on any atom is 0.162 e. The van der Waals surface area contributed by atoms with E-state index in [-0.39, 0.29) is 19.0 Å². The normalized spacial score (nSPS) is 10.9. The van der Waals surface area contributed by atoms with Crippen LogP contribution in [0.4, 0.5) is 4.39 Å². The summed E-state index contributed by atoms with van der Waals surface area (Å²) >= 11 is 0. The maximum absolute atomic E-state index is 13.4. The zero-order valence-electron chi connectivity index (χ0n) is 11.6. The minimum absolute atomic E-state index is 0.219. The first kappa shape index (κ1) is 14.7. The predicted molar refractivity (Wildman–Crippen MR) is 73.4 cm³/mol. The summed E-state index contributed by atoms with van der Waals surface area (Å²) < 4.78 is 24.0. The standard InChI is InChI=1S/C15H19FN2O2/c1-2-7-17-9-13-8-14(20-18-13)11-19-10-12-5-3-4-6-15(12)16/h3-6,8,17H,2,7,9-11H2,1H3. The molecular weight excluding hydrogens is 259 g/mol. The van der Waals surface area contributed by atoms with Crippen LogP contribution >= 0.6 is 0 Å². The maximum atomic E-state index is 13.4. The smallest absolute Gasteiger partial charge is 0.162 e. The summed E-state index contributed by atoms with van der Waals surface area (Å²) in [5, 5.41) is 7.18. The van der Waals surface area contributed by atoms with Gasteiger partial charge in [-0.2, -0.15) is 0 Å². The van der Waals surface area contributed by atoms with Gasteiger partial charge in [-0.15, -0.1) is 0 Å². The van der Waals surface area contributed by atoms with Crippen molar-refractivity contribution in [3.05, 3.63) is 53.2 Å². The zero-order chi connectivity index (χ0) is 14.2. The first-order chi connectivity index (χ1) is 9.79. The molecule has 1 aromatic carbocycles. The van der Waals surface area contributed by atoms with Gasteiger partial charge in [-0.3, -0.25) is 0 Å². The monoisotopic (exact) mass is 278 g/mol. The number of rotatable bonds is 8. The molecule has 20 heavy (non-hydrogen) atoms. The molecule has 108 valence electrons. The van der Waals surface area contributed by atoms with Gasteiger partial charge in [0.25, 0.3) is 0 Å². The van der Waals surface area contributed by atoms with Crippen LogP contribution in [-0.4, -0.2) is 11.7 Å². The molecule has 0 atom stereocenters. The van der Waals surface area contributed by atoms with Crippen LogP contribution < -0.4 is 5.32 Å². The van der Waals surface area contributed by atoms with Crippen molar-refractivity contribution < 1.29 is 13.7 Å². The molecule has 0 spiro atoms. The van der Waals surface area contributed by atoms with Crippen molar-refractivity contribution in [1.82, 2.24) is 10.5 Å². The highest BCUT2D eigenvalue weighted by Gasteiger charge is 2.05. The van der Waals surface area contributed by atoms with Crippen LogP contribution in [0.1, 0.15) is 30.4 Å². The van der Waals surface area contributed by atoms with Gasteiger partial charge in [-0.1, -0.05) is 30.3 Å². The van der Waals surface area contributed by atoms with Crippen LogP contribution in [0.5, 0.6) is 0 Å². The van der Waals surface area contributed by atoms with Crippen molar-refractivity contribution in [3.63, 3.8) is 0 Å². The topological polar surface area (TPSA) is 47.3 Å². The third-order valence-electron chi connectivity index (χ3n) is 2.80. The summed E-state index contributed by atoms with van der Waals surface area (Å²) in [4.78, 5) is 0. The van der Waals surface area contributed by atoms with Crippen molar-refractivity contribution in [1.29, 1.82) is 0 Å². The van der Waals surface area contributed by atoms with Crippen LogP contribution in [-0.2, 0) is 24.5 Å². The van der Waals surface area contributed by atoms with Gasteiger partial charge in [0.15, 0.2) is 5.76 Å². The highest BCUT2D eigenvalue weighted by molar-refractivity contribution is 5.16. The predicted octanol–water partition coefficient (Wildman–Crippen LogP) is 3.03. The second-order valence-electron chi connectivity index (χ2n) is 4.55. The number of nitrogens with zero attached hydrogens (tertiary/aromatic N) is 1. The molecule has 0 aliphatic rings. The van der Waals surface area contributed by atoms with Crippen LogP contribution in [0.3, 0.4) is 0 Å². The molecule has 2 aromatic rings. The summed E-state index contributed by atoms with van der Waals surface area (Å²) in [7, 11) is 0. The first-order valence-electron chi connectivity index (χ1n) is 6.76. The molecule has 4 nitrogen and oxygen atoms in total. The third kappa shape index (κ3) is 4.43. The van der Waals surface area contributed by atoms with E-state index in [2.05, 4.69) is 17.4 Å². The van der Waals surface area contributed by atoms with Gasteiger partial charge in [-0.25, -0.2) is 4.39 Å². The Morgan fingerprint density at radius 3 is 2.95 bits per heavy atom. The minimum Gasteiger partial charge on any atom is -0.369 e. The second kappa shape index (κ2) is 7.77. The number of benzene rings is 1. The Hall–Kier alpha value is -1.72. The fourth-order valence-corrected chi connectivity index (χ4v) is 1.78. The van der Waals surface area contributed by atoms with Crippen molar-refractivity contribution in [3.8, 4) is 0 Å². The van der Waals surface area contributed by atoms with E-state index >= 15 is 0 Å². The van der Waals surface area contributed by atoms with Gasteiger partial charge in [0, 0.05) is 18.2 Å². The Labute approximate surface area is 117 Å². The lowest BCUT2D eigenvalue weighted by atomic mass is 10.2. The molecule has 0 aliphatic heterocycles. The summed E-state index contributed by atoms with van der Waals surface area (Å²) in [6.45, 7) is 4.25. The lowest BCUT2D eigenvalue weighted by Gasteiger charge is -2.02. The number of nitrogens with one attached hydrogen (secondary N) is 1. The van der Waals surface area contributed by atoms with Gasteiger partial charge in [0.2, 0.25) is 0 Å². The Bertz CT molecular complexity index is 528. The fraction of sp³-hybridized carbons (Fsp3) is 0.400. The Kier molecular flexibility index (Phi) is 5.70. The van der Waals surface area contributed by atoms with Gasteiger partial charge in [-0.05, 0) is 19.0 Å². The van der Waals surface area contributed by atoms with Crippen LogP contribution in [0.25, 0.3) is 0 Å². The Morgan fingerprint density at radius 2 is 2.15 bits per heavy atom. The highest BCUT2D eigenvalue weighted by atomic mass is 19.1. The summed E-state index contributed by atoms with van der Waals surface area (Å²) in [5.74, 6) is 0.393.